The van der Waals surface area contributed by atoms with E-state index in [2.05, 4.69) is 19.7 Å². The molecule has 0 bridgehead atoms. The molecule has 0 N–H and O–H groups in total. The Morgan fingerprint density at radius 3 is 1.24 bits per heavy atom. The van der Waals surface area contributed by atoms with Crippen LogP contribution in [0.3, 0.4) is 0 Å². The number of esters is 3. The Bertz CT molecular complexity index is 565. The van der Waals surface area contributed by atoms with E-state index in [9.17, 15) is 14.4 Å². The molecular weight excluding hydrogens is 432 g/mol. The SMILES string of the molecule is C=CC(=O)OC(CC)OC(CCCCC)(OC(CC)OC(=O)C=C)OC(CC)OC(=O)C=C. The second kappa shape index (κ2) is 17.0. The molecule has 0 aliphatic heterocycles. The van der Waals surface area contributed by atoms with E-state index in [0.717, 1.165) is 31.1 Å². The lowest BCUT2D eigenvalue weighted by atomic mass is 10.2. The van der Waals surface area contributed by atoms with Gasteiger partial charge < -0.3 is 14.2 Å². The fraction of sp³-hybridized carbons (Fsp3) is 0.625. The molecule has 0 aliphatic rings. The van der Waals surface area contributed by atoms with Crippen LogP contribution in [0, 0.1) is 0 Å². The molecule has 0 saturated carbocycles. The number of ether oxygens (including phenoxy) is 6. The maximum absolute atomic E-state index is 11.8. The zero-order valence-electron chi connectivity index (χ0n) is 20.2. The summed E-state index contributed by atoms with van der Waals surface area (Å²) < 4.78 is 33.9. The van der Waals surface area contributed by atoms with Crippen molar-refractivity contribution in [3.05, 3.63) is 38.0 Å². The minimum absolute atomic E-state index is 0.174. The lowest BCUT2D eigenvalue weighted by Gasteiger charge is -2.39. The van der Waals surface area contributed by atoms with Gasteiger partial charge in [-0.15, -0.1) is 0 Å². The Morgan fingerprint density at radius 1 is 0.667 bits per heavy atom. The van der Waals surface area contributed by atoms with E-state index in [0.29, 0.717) is 6.42 Å². The predicted molar refractivity (Wildman–Crippen MR) is 121 cm³/mol. The molecule has 9 heteroatoms. The molecule has 0 aliphatic carbocycles. The summed E-state index contributed by atoms with van der Waals surface area (Å²) in [6, 6.07) is 0. The summed E-state index contributed by atoms with van der Waals surface area (Å²) in [5.74, 6) is -3.94. The molecule has 0 spiro atoms. The minimum Gasteiger partial charge on any atom is -0.432 e. The smallest absolute Gasteiger partial charge is 0.332 e. The topological polar surface area (TPSA) is 107 Å². The fourth-order valence-electron chi connectivity index (χ4n) is 2.56. The highest BCUT2D eigenvalue weighted by molar-refractivity contribution is 5.81. The van der Waals surface area contributed by atoms with Gasteiger partial charge in [0.25, 0.3) is 5.97 Å². The molecule has 0 aromatic carbocycles. The molecule has 3 atom stereocenters. The first-order valence-electron chi connectivity index (χ1n) is 11.2. The van der Waals surface area contributed by atoms with E-state index in [4.69, 9.17) is 28.4 Å². The van der Waals surface area contributed by atoms with Crippen LogP contribution in [-0.2, 0) is 42.8 Å². The van der Waals surface area contributed by atoms with E-state index in [1.54, 1.807) is 20.8 Å². The first-order valence-corrected chi connectivity index (χ1v) is 11.2. The highest BCUT2D eigenvalue weighted by Crippen LogP contribution is 2.31. The van der Waals surface area contributed by atoms with Crippen LogP contribution < -0.4 is 0 Å². The van der Waals surface area contributed by atoms with Gasteiger partial charge in [0.2, 0.25) is 18.9 Å². The monoisotopic (exact) mass is 470 g/mol. The summed E-state index contributed by atoms with van der Waals surface area (Å²) in [5, 5.41) is 0. The van der Waals surface area contributed by atoms with Crippen LogP contribution in [0.15, 0.2) is 38.0 Å². The van der Waals surface area contributed by atoms with Gasteiger partial charge in [-0.1, -0.05) is 60.3 Å². The zero-order chi connectivity index (χ0) is 25.3. The summed E-state index contributed by atoms with van der Waals surface area (Å²) >= 11 is 0. The Balaban J connectivity index is 6.16. The average molecular weight is 471 g/mol. The molecule has 0 rings (SSSR count). The van der Waals surface area contributed by atoms with Crippen LogP contribution in [0.1, 0.15) is 72.6 Å². The Morgan fingerprint density at radius 2 is 1.00 bits per heavy atom. The molecule has 0 heterocycles. The van der Waals surface area contributed by atoms with Crippen molar-refractivity contribution >= 4 is 17.9 Å². The van der Waals surface area contributed by atoms with Crippen LogP contribution >= 0.6 is 0 Å². The quantitative estimate of drug-likeness (QED) is 0.0875. The third kappa shape index (κ3) is 12.4. The molecule has 3 unspecified atom stereocenters. The van der Waals surface area contributed by atoms with Crippen molar-refractivity contribution in [2.24, 2.45) is 0 Å². The van der Waals surface area contributed by atoms with Crippen LogP contribution in [0.25, 0.3) is 0 Å². The van der Waals surface area contributed by atoms with Crippen LogP contribution in [0.4, 0.5) is 0 Å². The molecule has 0 saturated heterocycles. The van der Waals surface area contributed by atoms with E-state index in [1.165, 1.54) is 0 Å². The number of carbonyl (C=O) groups is 3. The van der Waals surface area contributed by atoms with Crippen molar-refractivity contribution in [1.82, 2.24) is 0 Å². The Labute approximate surface area is 196 Å². The minimum atomic E-state index is -1.86. The normalized spacial score (nSPS) is 15.3. The fourth-order valence-corrected chi connectivity index (χ4v) is 2.56. The van der Waals surface area contributed by atoms with Crippen LogP contribution in [-0.4, -0.2) is 42.8 Å². The standard InChI is InChI=1S/C24H38O9/c1-8-15-16-17-24(31-21(12-5)28-18(25)9-2,32-22(13-6)29-19(26)10-3)33-23(14-7)30-20(27)11-4/h9-11,21-23H,2-4,8,12-17H2,1,5-7H3. The summed E-state index contributed by atoms with van der Waals surface area (Å²) in [7, 11) is 0. The highest BCUT2D eigenvalue weighted by atomic mass is 16.9. The molecule has 33 heavy (non-hydrogen) atoms. The van der Waals surface area contributed by atoms with Crippen molar-refractivity contribution in [1.29, 1.82) is 0 Å². The summed E-state index contributed by atoms with van der Waals surface area (Å²) in [6.45, 7) is 17.4. The van der Waals surface area contributed by atoms with E-state index < -0.39 is 42.8 Å². The third-order valence-electron chi connectivity index (χ3n) is 4.26. The summed E-state index contributed by atoms with van der Waals surface area (Å²) in [5.41, 5.74) is 0. The zero-order valence-corrected chi connectivity index (χ0v) is 20.2. The average Bonchev–Trinajstić information content (AvgIpc) is 2.82. The van der Waals surface area contributed by atoms with Gasteiger partial charge in [-0.2, -0.15) is 0 Å². The number of unbranched alkanes of at least 4 members (excludes halogenated alkanes) is 2. The van der Waals surface area contributed by atoms with Crippen molar-refractivity contribution < 1.29 is 42.8 Å². The molecular formula is C24H38O9. The van der Waals surface area contributed by atoms with Gasteiger partial charge in [0.15, 0.2) is 0 Å². The maximum atomic E-state index is 11.8. The first-order chi connectivity index (χ1) is 15.7. The second-order valence-electron chi connectivity index (χ2n) is 6.93. The molecule has 9 nitrogen and oxygen atoms in total. The summed E-state index contributed by atoms with van der Waals surface area (Å²) in [6.07, 6.45) is 3.06. The molecule has 0 aromatic rings. The lowest BCUT2D eigenvalue weighted by molar-refractivity contribution is -0.466. The maximum Gasteiger partial charge on any atom is 0.332 e. The van der Waals surface area contributed by atoms with Crippen molar-refractivity contribution in [2.75, 3.05) is 0 Å². The number of rotatable bonds is 19. The van der Waals surface area contributed by atoms with Gasteiger partial charge in [-0.25, -0.2) is 14.4 Å². The van der Waals surface area contributed by atoms with Gasteiger partial charge >= 0.3 is 17.9 Å². The molecule has 0 aromatic heterocycles. The van der Waals surface area contributed by atoms with Crippen molar-refractivity contribution in [2.45, 2.75) is 97.5 Å². The Hall–Kier alpha value is -2.49. The van der Waals surface area contributed by atoms with Gasteiger partial charge in [-0.05, 0) is 6.42 Å². The van der Waals surface area contributed by atoms with Gasteiger partial charge in [0, 0.05) is 43.9 Å². The van der Waals surface area contributed by atoms with E-state index in [-0.39, 0.29) is 25.7 Å². The Kier molecular flexibility index (Phi) is 15.8. The number of hydrogen-bond donors (Lipinski definition) is 0. The second-order valence-corrected chi connectivity index (χ2v) is 6.93. The van der Waals surface area contributed by atoms with Crippen molar-refractivity contribution in [3.63, 3.8) is 0 Å². The van der Waals surface area contributed by atoms with Gasteiger partial charge in [0.05, 0.1) is 0 Å². The van der Waals surface area contributed by atoms with Crippen molar-refractivity contribution in [3.8, 4) is 0 Å². The highest BCUT2D eigenvalue weighted by Gasteiger charge is 2.43. The molecule has 0 fully saturated rings. The number of hydrogen-bond acceptors (Lipinski definition) is 9. The van der Waals surface area contributed by atoms with Crippen LogP contribution in [0.5, 0.6) is 0 Å². The predicted octanol–water partition coefficient (Wildman–Crippen LogP) is 4.67. The van der Waals surface area contributed by atoms with Crippen LogP contribution in [0.2, 0.25) is 0 Å². The lowest BCUT2D eigenvalue weighted by Crippen LogP contribution is -2.49. The number of carbonyl (C=O) groups excluding carboxylic acids is 3. The van der Waals surface area contributed by atoms with E-state index in [1.807, 2.05) is 6.92 Å². The first kappa shape index (κ1) is 30.5. The van der Waals surface area contributed by atoms with Gasteiger partial charge in [0.1, 0.15) is 0 Å². The third-order valence-corrected chi connectivity index (χ3v) is 4.26. The molecule has 188 valence electrons. The van der Waals surface area contributed by atoms with E-state index >= 15 is 0 Å². The molecule has 0 amide bonds. The summed E-state index contributed by atoms with van der Waals surface area (Å²) in [4.78, 5) is 35.4. The molecule has 0 radical (unpaired) electrons. The largest absolute Gasteiger partial charge is 0.432 e. The van der Waals surface area contributed by atoms with Gasteiger partial charge in [-0.3, -0.25) is 14.2 Å².